The topological polar surface area (TPSA) is 105 Å². The van der Waals surface area contributed by atoms with E-state index >= 15 is 0 Å². The molecule has 3 aromatic carbocycles. The molecule has 42 heavy (non-hydrogen) atoms. The monoisotopic (exact) mass is 586 g/mol. The minimum Gasteiger partial charge on any atom is -0.477 e. The zero-order valence-corrected chi connectivity index (χ0v) is 24.9. The first kappa shape index (κ1) is 28.8. The average Bonchev–Trinajstić information content (AvgIpc) is 3.62. The Balaban J connectivity index is 1.34. The highest BCUT2D eigenvalue weighted by Gasteiger charge is 2.65. The second-order valence-corrected chi connectivity index (χ2v) is 14.3. The predicted octanol–water partition coefficient (Wildman–Crippen LogP) is 4.65. The van der Waals surface area contributed by atoms with Crippen molar-refractivity contribution in [2.24, 2.45) is 21.7 Å². The van der Waals surface area contributed by atoms with Gasteiger partial charge in [-0.3, -0.25) is 4.79 Å². The Bertz CT molecular complexity index is 1530. The van der Waals surface area contributed by atoms with E-state index in [4.69, 9.17) is 9.73 Å². The first-order valence-electron chi connectivity index (χ1n) is 14.7. The Morgan fingerprint density at radius 2 is 1.55 bits per heavy atom. The van der Waals surface area contributed by atoms with Crippen LogP contribution >= 0.6 is 0 Å². The number of fused-ring (bicyclic) bond motifs is 2. The molecule has 2 unspecified atom stereocenters. The van der Waals surface area contributed by atoms with Crippen LogP contribution < -0.4 is 4.72 Å². The fourth-order valence-electron chi connectivity index (χ4n) is 7.45. The minimum absolute atomic E-state index is 0.0547. The maximum atomic E-state index is 13.9. The molecule has 1 aliphatic heterocycles. The lowest BCUT2D eigenvalue weighted by Crippen LogP contribution is -2.49. The van der Waals surface area contributed by atoms with E-state index in [2.05, 4.69) is 4.72 Å². The van der Waals surface area contributed by atoms with Crippen LogP contribution in [0.15, 0.2) is 96.0 Å². The zero-order valence-electron chi connectivity index (χ0n) is 24.1. The molecular weight excluding hydrogens is 548 g/mol. The maximum Gasteiger partial charge on any atom is 0.213 e. The van der Waals surface area contributed by atoms with Crippen molar-refractivity contribution >= 4 is 21.7 Å². The van der Waals surface area contributed by atoms with Crippen LogP contribution in [0.3, 0.4) is 0 Å². The molecule has 7 nitrogen and oxygen atoms in total. The molecule has 2 aliphatic carbocycles. The smallest absolute Gasteiger partial charge is 0.213 e. The molecule has 4 atom stereocenters. The van der Waals surface area contributed by atoms with Gasteiger partial charge < -0.3 is 9.84 Å². The van der Waals surface area contributed by atoms with E-state index in [1.165, 1.54) is 0 Å². The molecule has 6 rings (SSSR count). The third-order valence-electron chi connectivity index (χ3n) is 10.1. The van der Waals surface area contributed by atoms with Gasteiger partial charge >= 0.3 is 0 Å². The van der Waals surface area contributed by atoms with Crippen molar-refractivity contribution < 1.29 is 23.1 Å². The predicted molar refractivity (Wildman–Crippen MR) is 162 cm³/mol. The van der Waals surface area contributed by atoms with Gasteiger partial charge in [0, 0.05) is 11.8 Å². The van der Waals surface area contributed by atoms with Gasteiger partial charge in [0.05, 0.1) is 5.75 Å². The number of benzene rings is 3. The molecule has 0 saturated heterocycles. The molecule has 0 amide bonds. The van der Waals surface area contributed by atoms with Crippen LogP contribution in [0, 0.1) is 16.7 Å². The molecule has 220 valence electrons. The second-order valence-electron chi connectivity index (χ2n) is 12.6. The number of nitrogens with one attached hydrogen (secondary N) is 1. The van der Waals surface area contributed by atoms with Gasteiger partial charge in [0.25, 0.3) is 0 Å². The molecule has 2 saturated carbocycles. The largest absolute Gasteiger partial charge is 0.477 e. The van der Waals surface area contributed by atoms with E-state index in [9.17, 15) is 18.3 Å². The Morgan fingerprint density at radius 1 is 0.976 bits per heavy atom. The zero-order chi connectivity index (χ0) is 29.6. The van der Waals surface area contributed by atoms with Gasteiger partial charge in [-0.2, -0.15) is 0 Å². The summed E-state index contributed by atoms with van der Waals surface area (Å²) in [7, 11) is -3.92. The van der Waals surface area contributed by atoms with E-state index in [-0.39, 0.29) is 35.4 Å². The van der Waals surface area contributed by atoms with Crippen molar-refractivity contribution in [3.63, 3.8) is 0 Å². The molecule has 0 spiro atoms. The van der Waals surface area contributed by atoms with E-state index in [1.54, 1.807) is 0 Å². The number of rotatable bonds is 10. The van der Waals surface area contributed by atoms with Gasteiger partial charge in [-0.05, 0) is 47.3 Å². The lowest BCUT2D eigenvalue weighted by atomic mass is 9.70. The average molecular weight is 587 g/mol. The van der Waals surface area contributed by atoms with Crippen molar-refractivity contribution in [3.8, 4) is 0 Å². The molecular formula is C34H38N2O5S. The Kier molecular flexibility index (Phi) is 7.36. The Morgan fingerprint density at radius 3 is 2.07 bits per heavy atom. The SMILES string of the molecule is CC1(C)C2CCC1(CS(=O)(=O)N[C@H](Cc1ccccc1)C1=N[C@H](C(O)(c3ccccc3)c3ccccc3)CO1)C(=O)C2. The van der Waals surface area contributed by atoms with Gasteiger partial charge in [0.2, 0.25) is 15.9 Å². The van der Waals surface area contributed by atoms with Crippen molar-refractivity contribution in [2.75, 3.05) is 12.4 Å². The molecule has 3 aliphatic rings. The summed E-state index contributed by atoms with van der Waals surface area (Å²) in [5.74, 6) is 0.260. The van der Waals surface area contributed by atoms with Crippen molar-refractivity contribution in [3.05, 3.63) is 108 Å². The summed E-state index contributed by atoms with van der Waals surface area (Å²) in [5.41, 5.74) is -0.486. The van der Waals surface area contributed by atoms with Gasteiger partial charge in [-0.1, -0.05) is 105 Å². The summed E-state index contributed by atoms with van der Waals surface area (Å²) in [6, 6.07) is 26.8. The fourth-order valence-corrected chi connectivity index (χ4v) is 9.48. The standard InChI is InChI=1S/C34H38N2O5S/c1-32(2)27-18-19-33(32,30(37)21-27)23-42(39,40)36-28(20-24-12-6-3-7-13-24)31-35-29(22-41-31)34(38,25-14-8-4-9-15-25)26-16-10-5-11-17-26/h3-17,27-29,36,38H,18-23H2,1-2H3/t27?,28-,29+,33?/m1/s1. The van der Waals surface area contributed by atoms with Gasteiger partial charge in [-0.25, -0.2) is 18.1 Å². The third-order valence-corrected chi connectivity index (χ3v) is 11.6. The van der Waals surface area contributed by atoms with E-state index in [1.807, 2.05) is 105 Å². The number of ketones is 1. The summed E-state index contributed by atoms with van der Waals surface area (Å²) in [4.78, 5) is 18.0. The van der Waals surface area contributed by atoms with E-state index < -0.39 is 33.1 Å². The maximum absolute atomic E-state index is 13.9. The number of sulfonamides is 1. The fraction of sp³-hybridized carbons (Fsp3) is 0.412. The first-order valence-corrected chi connectivity index (χ1v) is 16.3. The highest BCUT2D eigenvalue weighted by Crippen LogP contribution is 2.64. The summed E-state index contributed by atoms with van der Waals surface area (Å²) in [5, 5.41) is 12.3. The van der Waals surface area contributed by atoms with Crippen molar-refractivity contribution in [1.29, 1.82) is 0 Å². The lowest BCUT2D eigenvalue weighted by Gasteiger charge is -2.36. The lowest BCUT2D eigenvalue weighted by molar-refractivity contribution is -0.128. The third kappa shape index (κ3) is 4.89. The number of hydrogen-bond acceptors (Lipinski definition) is 6. The summed E-state index contributed by atoms with van der Waals surface area (Å²) in [6.07, 6.45) is 2.23. The molecule has 2 bridgehead atoms. The van der Waals surface area contributed by atoms with Crippen LogP contribution in [0.2, 0.25) is 0 Å². The number of carbonyl (C=O) groups excluding carboxylic acids is 1. The highest BCUT2D eigenvalue weighted by atomic mass is 32.2. The molecule has 0 aromatic heterocycles. The number of aliphatic hydroxyl groups is 1. The van der Waals surface area contributed by atoms with Gasteiger partial charge in [0.1, 0.15) is 30.1 Å². The Hall–Kier alpha value is -3.33. The molecule has 0 radical (unpaired) electrons. The molecule has 2 fully saturated rings. The van der Waals surface area contributed by atoms with Crippen LogP contribution in [0.25, 0.3) is 0 Å². The normalized spacial score (nSPS) is 25.7. The number of aliphatic imine (C=N–C) groups is 1. The van der Waals surface area contributed by atoms with Gasteiger partial charge in [0.15, 0.2) is 0 Å². The molecule has 8 heteroatoms. The first-order chi connectivity index (χ1) is 20.1. The van der Waals surface area contributed by atoms with Crippen LogP contribution in [0.4, 0.5) is 0 Å². The Labute approximate surface area is 248 Å². The van der Waals surface area contributed by atoms with Crippen LogP contribution in [-0.4, -0.2) is 49.6 Å². The summed E-state index contributed by atoms with van der Waals surface area (Å²) < 4.78 is 36.7. The number of nitrogens with zero attached hydrogens (tertiary/aromatic N) is 1. The molecule has 3 aromatic rings. The number of Topliss-reactive ketones (excluding diaryl/α,β-unsaturated/α-hetero) is 1. The van der Waals surface area contributed by atoms with Crippen LogP contribution in [0.1, 0.15) is 49.8 Å². The quantitative estimate of drug-likeness (QED) is 0.360. The second kappa shape index (κ2) is 10.7. The summed E-state index contributed by atoms with van der Waals surface area (Å²) in [6.45, 7) is 4.16. The number of hydrogen-bond donors (Lipinski definition) is 2. The van der Waals surface area contributed by atoms with Crippen LogP contribution in [-0.2, 0) is 31.6 Å². The van der Waals surface area contributed by atoms with Crippen molar-refractivity contribution in [2.45, 2.75) is 57.2 Å². The molecule has 1 heterocycles. The van der Waals surface area contributed by atoms with E-state index in [0.717, 1.165) is 12.0 Å². The van der Waals surface area contributed by atoms with E-state index in [0.29, 0.717) is 30.4 Å². The van der Waals surface area contributed by atoms with Crippen molar-refractivity contribution in [1.82, 2.24) is 4.72 Å². The highest BCUT2D eigenvalue weighted by molar-refractivity contribution is 7.89. The molecule has 2 N–H and O–H groups in total. The summed E-state index contributed by atoms with van der Waals surface area (Å²) >= 11 is 0. The number of ether oxygens (including phenoxy) is 1. The minimum atomic E-state index is -3.92. The van der Waals surface area contributed by atoms with Gasteiger partial charge in [-0.15, -0.1) is 0 Å². The number of carbonyl (C=O) groups is 1. The van der Waals surface area contributed by atoms with Crippen LogP contribution in [0.5, 0.6) is 0 Å².